The lowest BCUT2D eigenvalue weighted by molar-refractivity contribution is 0.105. The molecule has 94 valence electrons. The van der Waals surface area contributed by atoms with Crippen molar-refractivity contribution in [1.82, 2.24) is 0 Å². The molecule has 1 aromatic rings. The highest BCUT2D eigenvalue weighted by Crippen LogP contribution is 2.43. The number of rotatable bonds is 5. The van der Waals surface area contributed by atoms with E-state index in [-0.39, 0.29) is 0 Å². The number of hydrogen-bond acceptors (Lipinski definition) is 3. The van der Waals surface area contributed by atoms with Gasteiger partial charge in [-0.1, -0.05) is 13.0 Å². The summed E-state index contributed by atoms with van der Waals surface area (Å²) >= 11 is 0. The van der Waals surface area contributed by atoms with Gasteiger partial charge in [-0.2, -0.15) is 0 Å². The Morgan fingerprint density at radius 1 is 1.18 bits per heavy atom. The molecule has 0 aromatic heterocycles. The van der Waals surface area contributed by atoms with Crippen LogP contribution in [0.15, 0.2) is 18.2 Å². The largest absolute Gasteiger partial charge is 0.493 e. The molecular weight excluding hydrogens is 216 g/mol. The average molecular weight is 236 g/mol. The van der Waals surface area contributed by atoms with E-state index in [2.05, 4.69) is 6.92 Å². The van der Waals surface area contributed by atoms with Crippen molar-refractivity contribution in [2.45, 2.75) is 25.9 Å². The summed E-state index contributed by atoms with van der Waals surface area (Å²) in [5, 5.41) is 10.3. The van der Waals surface area contributed by atoms with E-state index in [1.54, 1.807) is 14.2 Å². The first-order chi connectivity index (χ1) is 8.17. The molecule has 17 heavy (non-hydrogen) atoms. The van der Waals surface area contributed by atoms with Crippen LogP contribution in [-0.4, -0.2) is 19.3 Å². The van der Waals surface area contributed by atoms with Crippen molar-refractivity contribution in [2.24, 2.45) is 11.8 Å². The summed E-state index contributed by atoms with van der Waals surface area (Å²) in [6.45, 7) is 2.11. The molecule has 1 N–H and O–H groups in total. The van der Waals surface area contributed by atoms with Gasteiger partial charge in [0.1, 0.15) is 0 Å². The average Bonchev–Trinajstić information content (AvgIpc) is 3.20. The first-order valence-electron chi connectivity index (χ1n) is 6.07. The van der Waals surface area contributed by atoms with Gasteiger partial charge in [0, 0.05) is 0 Å². The SMILES string of the molecule is COc1ccc(C(O)C(C)C2CC2)cc1OC. The third kappa shape index (κ3) is 2.55. The number of benzene rings is 1. The number of hydrogen-bond donors (Lipinski definition) is 1. The summed E-state index contributed by atoms with van der Waals surface area (Å²) in [6.07, 6.45) is 2.07. The Labute approximate surface area is 102 Å². The van der Waals surface area contributed by atoms with Crippen LogP contribution in [0.3, 0.4) is 0 Å². The molecule has 0 heterocycles. The molecule has 0 spiro atoms. The van der Waals surface area contributed by atoms with Gasteiger partial charge in [0.15, 0.2) is 11.5 Å². The summed E-state index contributed by atoms with van der Waals surface area (Å²) in [7, 11) is 3.22. The Bertz CT molecular complexity index is 385. The van der Waals surface area contributed by atoms with Crippen molar-refractivity contribution in [2.75, 3.05) is 14.2 Å². The molecule has 3 heteroatoms. The quantitative estimate of drug-likeness (QED) is 0.854. The van der Waals surface area contributed by atoms with Crippen LogP contribution in [0.2, 0.25) is 0 Å². The zero-order valence-electron chi connectivity index (χ0n) is 10.6. The smallest absolute Gasteiger partial charge is 0.161 e. The van der Waals surface area contributed by atoms with Crippen molar-refractivity contribution >= 4 is 0 Å². The zero-order chi connectivity index (χ0) is 12.4. The van der Waals surface area contributed by atoms with Crippen LogP contribution in [0, 0.1) is 11.8 Å². The van der Waals surface area contributed by atoms with Crippen LogP contribution in [-0.2, 0) is 0 Å². The van der Waals surface area contributed by atoms with Crippen LogP contribution < -0.4 is 9.47 Å². The fourth-order valence-electron chi connectivity index (χ4n) is 2.22. The minimum atomic E-state index is -0.415. The lowest BCUT2D eigenvalue weighted by Gasteiger charge is -2.20. The first kappa shape index (κ1) is 12.2. The summed E-state index contributed by atoms with van der Waals surface area (Å²) in [5.74, 6) is 2.36. The van der Waals surface area contributed by atoms with Crippen molar-refractivity contribution in [3.63, 3.8) is 0 Å². The van der Waals surface area contributed by atoms with Crippen LogP contribution in [0.1, 0.15) is 31.4 Å². The van der Waals surface area contributed by atoms with Gasteiger partial charge in [0.25, 0.3) is 0 Å². The van der Waals surface area contributed by atoms with Crippen molar-refractivity contribution in [1.29, 1.82) is 0 Å². The minimum Gasteiger partial charge on any atom is -0.493 e. The lowest BCUT2D eigenvalue weighted by atomic mass is 9.93. The Balaban J connectivity index is 2.19. The van der Waals surface area contributed by atoms with E-state index in [1.165, 1.54) is 12.8 Å². The van der Waals surface area contributed by atoms with Gasteiger partial charge in [-0.3, -0.25) is 0 Å². The summed E-state index contributed by atoms with van der Waals surface area (Å²) in [4.78, 5) is 0. The number of methoxy groups -OCH3 is 2. The van der Waals surface area contributed by atoms with Crippen LogP contribution in [0.25, 0.3) is 0 Å². The molecule has 1 aliphatic rings. The van der Waals surface area contributed by atoms with Crippen LogP contribution >= 0.6 is 0 Å². The van der Waals surface area contributed by atoms with Gasteiger partial charge < -0.3 is 14.6 Å². The Kier molecular flexibility index (Phi) is 3.57. The highest BCUT2D eigenvalue weighted by Gasteiger charge is 2.33. The molecule has 0 aliphatic heterocycles. The fourth-order valence-corrected chi connectivity index (χ4v) is 2.22. The molecule has 0 bridgehead atoms. The van der Waals surface area contributed by atoms with Crippen LogP contribution in [0.4, 0.5) is 0 Å². The molecule has 0 saturated heterocycles. The fraction of sp³-hybridized carbons (Fsp3) is 0.571. The maximum absolute atomic E-state index is 10.3. The number of aliphatic hydroxyl groups excluding tert-OH is 1. The zero-order valence-corrected chi connectivity index (χ0v) is 10.6. The molecule has 0 radical (unpaired) electrons. The summed E-state index contributed by atoms with van der Waals surface area (Å²) in [5.41, 5.74) is 0.905. The van der Waals surface area contributed by atoms with Gasteiger partial charge in [-0.05, 0) is 42.4 Å². The van der Waals surface area contributed by atoms with Crippen molar-refractivity contribution < 1.29 is 14.6 Å². The monoisotopic (exact) mass is 236 g/mol. The Morgan fingerprint density at radius 2 is 1.82 bits per heavy atom. The molecule has 0 amide bonds. The van der Waals surface area contributed by atoms with Gasteiger partial charge in [-0.15, -0.1) is 0 Å². The van der Waals surface area contributed by atoms with Crippen molar-refractivity contribution in [3.8, 4) is 11.5 Å². The maximum atomic E-state index is 10.3. The second kappa shape index (κ2) is 4.96. The topological polar surface area (TPSA) is 38.7 Å². The van der Waals surface area contributed by atoms with Gasteiger partial charge in [0.2, 0.25) is 0 Å². The molecular formula is C14H20O3. The first-order valence-corrected chi connectivity index (χ1v) is 6.07. The van der Waals surface area contributed by atoms with E-state index >= 15 is 0 Å². The van der Waals surface area contributed by atoms with E-state index in [9.17, 15) is 5.11 Å². The minimum absolute atomic E-state index is 0.313. The highest BCUT2D eigenvalue weighted by molar-refractivity contribution is 5.43. The Hall–Kier alpha value is -1.22. The molecule has 1 aliphatic carbocycles. The van der Waals surface area contributed by atoms with Crippen molar-refractivity contribution in [3.05, 3.63) is 23.8 Å². The van der Waals surface area contributed by atoms with E-state index in [4.69, 9.17) is 9.47 Å². The summed E-state index contributed by atoms with van der Waals surface area (Å²) < 4.78 is 10.4. The molecule has 1 saturated carbocycles. The highest BCUT2D eigenvalue weighted by atomic mass is 16.5. The van der Waals surface area contributed by atoms with Gasteiger partial charge in [0.05, 0.1) is 20.3 Å². The van der Waals surface area contributed by atoms with Gasteiger partial charge in [-0.25, -0.2) is 0 Å². The van der Waals surface area contributed by atoms with E-state index in [0.29, 0.717) is 23.3 Å². The normalized spacial score (nSPS) is 18.6. The second-order valence-corrected chi connectivity index (χ2v) is 4.76. The standard InChI is InChI=1S/C14H20O3/c1-9(10-4-5-10)14(15)11-6-7-12(16-2)13(8-11)17-3/h6-10,14-15H,4-5H2,1-3H3. The molecule has 2 unspecified atom stereocenters. The van der Waals surface area contributed by atoms with E-state index in [0.717, 1.165) is 5.56 Å². The third-order valence-corrected chi connectivity index (χ3v) is 3.61. The number of aliphatic hydroxyl groups is 1. The lowest BCUT2D eigenvalue weighted by Crippen LogP contribution is -2.11. The maximum Gasteiger partial charge on any atom is 0.161 e. The molecule has 1 fully saturated rings. The van der Waals surface area contributed by atoms with Gasteiger partial charge >= 0.3 is 0 Å². The molecule has 1 aromatic carbocycles. The molecule has 2 rings (SSSR count). The second-order valence-electron chi connectivity index (χ2n) is 4.76. The molecule has 3 nitrogen and oxygen atoms in total. The Morgan fingerprint density at radius 3 is 2.35 bits per heavy atom. The van der Waals surface area contributed by atoms with Crippen LogP contribution in [0.5, 0.6) is 11.5 Å². The predicted molar refractivity (Wildman–Crippen MR) is 66.4 cm³/mol. The van der Waals surface area contributed by atoms with E-state index < -0.39 is 6.10 Å². The van der Waals surface area contributed by atoms with E-state index in [1.807, 2.05) is 18.2 Å². The third-order valence-electron chi connectivity index (χ3n) is 3.61. The summed E-state index contributed by atoms with van der Waals surface area (Å²) in [6, 6.07) is 5.62. The molecule has 2 atom stereocenters. The number of ether oxygens (including phenoxy) is 2. The predicted octanol–water partition coefficient (Wildman–Crippen LogP) is 2.78.